The van der Waals surface area contributed by atoms with Crippen LogP contribution in [0.5, 0.6) is 0 Å². The highest BCUT2D eigenvalue weighted by molar-refractivity contribution is 5.02. The molecule has 0 unspecified atom stereocenters. The van der Waals surface area contributed by atoms with Crippen LogP contribution in [0.15, 0.2) is 0 Å². The molecule has 50 valence electrons. The topological polar surface area (TPSA) is 31.0 Å². The van der Waals surface area contributed by atoms with Crippen LogP contribution in [-0.2, 0) is 14.5 Å². The summed E-state index contributed by atoms with van der Waals surface area (Å²) in [6, 6.07) is 0. The Hall–Kier alpha value is -0.120. The van der Waals surface area contributed by atoms with Gasteiger partial charge in [0.05, 0.1) is 0 Å². The molecule has 3 heterocycles. The van der Waals surface area contributed by atoms with Crippen molar-refractivity contribution < 1.29 is 14.5 Å². The van der Waals surface area contributed by atoms with Gasteiger partial charge in [0, 0.05) is 0 Å². The van der Waals surface area contributed by atoms with Gasteiger partial charge in [-0.1, -0.05) is 0 Å². The maximum absolute atomic E-state index is 5.31. The van der Waals surface area contributed by atoms with Gasteiger partial charge in [-0.25, -0.2) is 9.78 Å². The van der Waals surface area contributed by atoms with Gasteiger partial charge in [-0.2, -0.15) is 0 Å². The van der Waals surface area contributed by atoms with E-state index in [2.05, 4.69) is 0 Å². The highest BCUT2D eigenvalue weighted by Gasteiger charge is 2.58. The van der Waals surface area contributed by atoms with Crippen molar-refractivity contribution in [3.63, 3.8) is 0 Å². The Balaban J connectivity index is 1.93. The molecule has 2 bridgehead atoms. The largest absolute Gasteiger partial charge is 0.364 e. The van der Waals surface area contributed by atoms with Gasteiger partial charge in [0.15, 0.2) is 0 Å². The molecule has 0 amide bonds. The van der Waals surface area contributed by atoms with Crippen LogP contribution in [0.25, 0.3) is 0 Å². The lowest BCUT2D eigenvalue weighted by Crippen LogP contribution is -2.41. The molecular formula is C6H8O3. The van der Waals surface area contributed by atoms with Crippen LogP contribution in [-0.4, -0.2) is 24.4 Å². The lowest BCUT2D eigenvalue weighted by atomic mass is 9.94. The minimum Gasteiger partial charge on any atom is -0.364 e. The minimum absolute atomic E-state index is 0.250. The molecule has 9 heavy (non-hydrogen) atoms. The zero-order chi connectivity index (χ0) is 5.84. The van der Waals surface area contributed by atoms with Gasteiger partial charge >= 0.3 is 0 Å². The third-order valence-electron chi connectivity index (χ3n) is 2.33. The molecule has 0 aromatic heterocycles. The maximum atomic E-state index is 5.31. The van der Waals surface area contributed by atoms with E-state index in [0.29, 0.717) is 12.2 Å². The van der Waals surface area contributed by atoms with Crippen LogP contribution in [0.3, 0.4) is 0 Å². The molecule has 4 fully saturated rings. The predicted octanol–water partition coefficient (Wildman–Crippen LogP) is 0.247. The van der Waals surface area contributed by atoms with E-state index in [9.17, 15) is 0 Å². The minimum atomic E-state index is 0.250. The van der Waals surface area contributed by atoms with Gasteiger partial charge in [0.25, 0.3) is 0 Å². The smallest absolute Gasteiger partial charge is 0.122 e. The van der Waals surface area contributed by atoms with E-state index in [1.807, 2.05) is 0 Å². The van der Waals surface area contributed by atoms with Gasteiger partial charge in [0.1, 0.15) is 24.4 Å². The summed E-state index contributed by atoms with van der Waals surface area (Å²) in [4.78, 5) is 10.0. The second-order valence-electron chi connectivity index (χ2n) is 2.91. The Labute approximate surface area is 52.8 Å². The Kier molecular flexibility index (Phi) is 0.678. The van der Waals surface area contributed by atoms with E-state index in [-0.39, 0.29) is 12.2 Å². The fraction of sp³-hybridized carbons (Fsp3) is 1.00. The van der Waals surface area contributed by atoms with Crippen LogP contribution in [0.4, 0.5) is 0 Å². The summed E-state index contributed by atoms with van der Waals surface area (Å²) in [5.74, 6) is 0. The molecule has 0 aromatic carbocycles. The highest BCUT2D eigenvalue weighted by atomic mass is 17.2. The van der Waals surface area contributed by atoms with Crippen molar-refractivity contribution in [2.45, 2.75) is 37.3 Å². The molecule has 0 N–H and O–H groups in total. The summed E-state index contributed by atoms with van der Waals surface area (Å²) in [5, 5.41) is 0. The molecule has 0 spiro atoms. The van der Waals surface area contributed by atoms with Crippen LogP contribution < -0.4 is 0 Å². The van der Waals surface area contributed by atoms with Crippen LogP contribution in [0.2, 0.25) is 0 Å². The standard InChI is InChI=1S/C6H8O3/c1-2-4-6-5(7-6)3(1)8-9-4/h3-6H,1-2H2/t3-,4-,5+,6+/m1/s1. The Morgan fingerprint density at radius 1 is 0.889 bits per heavy atom. The highest BCUT2D eigenvalue weighted by Crippen LogP contribution is 2.44. The van der Waals surface area contributed by atoms with Crippen molar-refractivity contribution >= 4 is 0 Å². The average Bonchev–Trinajstić information content (AvgIpc) is 2.68. The molecule has 3 nitrogen and oxygen atoms in total. The first-order valence-corrected chi connectivity index (χ1v) is 3.43. The molecule has 1 aliphatic carbocycles. The fourth-order valence-corrected chi connectivity index (χ4v) is 1.74. The summed E-state index contributed by atoms with van der Waals surface area (Å²) in [7, 11) is 0. The first-order valence-electron chi connectivity index (χ1n) is 3.43. The summed E-state index contributed by atoms with van der Waals surface area (Å²) in [5.41, 5.74) is 0. The Morgan fingerprint density at radius 2 is 1.44 bits per heavy atom. The van der Waals surface area contributed by atoms with Crippen LogP contribution >= 0.6 is 0 Å². The van der Waals surface area contributed by atoms with Gasteiger partial charge in [0.2, 0.25) is 0 Å². The van der Waals surface area contributed by atoms with Gasteiger partial charge in [-0.05, 0) is 12.8 Å². The maximum Gasteiger partial charge on any atom is 0.122 e. The van der Waals surface area contributed by atoms with Crippen molar-refractivity contribution in [1.29, 1.82) is 0 Å². The third-order valence-corrected chi connectivity index (χ3v) is 2.33. The van der Waals surface area contributed by atoms with E-state index in [4.69, 9.17) is 14.5 Å². The molecule has 1 saturated carbocycles. The van der Waals surface area contributed by atoms with Gasteiger partial charge < -0.3 is 4.74 Å². The fourth-order valence-electron chi connectivity index (χ4n) is 1.74. The number of hydrogen-bond acceptors (Lipinski definition) is 3. The Bertz CT molecular complexity index is 123. The molecule has 4 atom stereocenters. The van der Waals surface area contributed by atoms with E-state index in [1.165, 1.54) is 0 Å². The molecular weight excluding hydrogens is 120 g/mol. The second kappa shape index (κ2) is 1.31. The lowest BCUT2D eigenvalue weighted by Gasteiger charge is -2.30. The van der Waals surface area contributed by atoms with Crippen molar-refractivity contribution in [3.8, 4) is 0 Å². The third kappa shape index (κ3) is 0.478. The van der Waals surface area contributed by atoms with Crippen LogP contribution in [0, 0.1) is 0 Å². The summed E-state index contributed by atoms with van der Waals surface area (Å²) in [6.45, 7) is 0. The summed E-state index contributed by atoms with van der Waals surface area (Å²) >= 11 is 0. The number of hydrogen-bond donors (Lipinski definition) is 0. The number of fused-ring (bicyclic) bond motifs is 2. The van der Waals surface area contributed by atoms with Gasteiger partial charge in [-0.15, -0.1) is 0 Å². The molecule has 0 aromatic rings. The monoisotopic (exact) mass is 128 g/mol. The SMILES string of the molecule is C1C[C@H]2OO[C@H]1[C@@H]1O[C@H]12. The van der Waals surface area contributed by atoms with Gasteiger partial charge in [-0.3, -0.25) is 0 Å². The molecule has 3 heteroatoms. The first-order chi connectivity index (χ1) is 4.45. The van der Waals surface area contributed by atoms with Crippen molar-refractivity contribution in [2.75, 3.05) is 0 Å². The lowest BCUT2D eigenvalue weighted by molar-refractivity contribution is -0.386. The quantitative estimate of drug-likeness (QED) is 0.346. The van der Waals surface area contributed by atoms with Crippen molar-refractivity contribution in [3.05, 3.63) is 0 Å². The molecule has 4 aliphatic rings. The molecule has 4 rings (SSSR count). The molecule has 0 radical (unpaired) electrons. The molecule has 3 aliphatic heterocycles. The average molecular weight is 128 g/mol. The zero-order valence-electron chi connectivity index (χ0n) is 4.95. The first kappa shape index (κ1) is 4.66. The summed E-state index contributed by atoms with van der Waals surface area (Å²) < 4.78 is 5.31. The molecule has 3 saturated heterocycles. The normalized spacial score (nSPS) is 61.3. The van der Waals surface area contributed by atoms with E-state index in [0.717, 1.165) is 12.8 Å². The predicted molar refractivity (Wildman–Crippen MR) is 27.6 cm³/mol. The van der Waals surface area contributed by atoms with E-state index in [1.54, 1.807) is 0 Å². The summed E-state index contributed by atoms with van der Waals surface area (Å²) in [6.07, 6.45) is 3.51. The number of rotatable bonds is 0. The van der Waals surface area contributed by atoms with E-state index >= 15 is 0 Å². The zero-order valence-corrected chi connectivity index (χ0v) is 4.95. The van der Waals surface area contributed by atoms with Crippen molar-refractivity contribution in [2.24, 2.45) is 0 Å². The van der Waals surface area contributed by atoms with Crippen LogP contribution in [0.1, 0.15) is 12.8 Å². The Morgan fingerprint density at radius 3 is 1.78 bits per heavy atom. The van der Waals surface area contributed by atoms with E-state index < -0.39 is 0 Å². The number of epoxide rings is 1. The van der Waals surface area contributed by atoms with Crippen molar-refractivity contribution in [1.82, 2.24) is 0 Å². The second-order valence-corrected chi connectivity index (χ2v) is 2.91. The number of ether oxygens (including phenoxy) is 1.